The normalized spacial score (nSPS) is 24.8. The molecule has 0 unspecified atom stereocenters. The van der Waals surface area contributed by atoms with Gasteiger partial charge < -0.3 is 5.32 Å². The van der Waals surface area contributed by atoms with Gasteiger partial charge in [0.05, 0.1) is 13.2 Å². The molecule has 1 aliphatic heterocycles. The molecule has 0 aliphatic carbocycles. The molecule has 0 saturated carbocycles. The van der Waals surface area contributed by atoms with Gasteiger partial charge in [-0.15, -0.1) is 0 Å². The van der Waals surface area contributed by atoms with E-state index in [4.69, 9.17) is 0 Å². The van der Waals surface area contributed by atoms with Crippen molar-refractivity contribution in [3.8, 4) is 0 Å². The van der Waals surface area contributed by atoms with E-state index in [2.05, 4.69) is 15.6 Å². The second-order valence-electron chi connectivity index (χ2n) is 1.97. The molecule has 1 amide bonds. The average molecular weight is 130 g/mol. The summed E-state index contributed by atoms with van der Waals surface area (Å²) >= 11 is 0. The zero-order chi connectivity index (χ0) is 6.69. The van der Waals surface area contributed by atoms with Crippen molar-refractivity contribution in [2.45, 2.75) is 12.5 Å². The molecule has 1 heterocycles. The summed E-state index contributed by atoms with van der Waals surface area (Å²) in [5.74, 6) is -0.0799. The number of carbonyl (C=O) groups excluding carboxylic acids is 1. The van der Waals surface area contributed by atoms with Gasteiger partial charge >= 0.3 is 0 Å². The lowest BCUT2D eigenvalue weighted by atomic mass is 10.1. The summed E-state index contributed by atoms with van der Waals surface area (Å²) in [5, 5.41) is 2.94. The third-order valence-electron chi connectivity index (χ3n) is 1.34. The van der Waals surface area contributed by atoms with Gasteiger partial charge in [-0.3, -0.25) is 9.63 Å². The van der Waals surface area contributed by atoms with Crippen molar-refractivity contribution in [3.05, 3.63) is 0 Å². The van der Waals surface area contributed by atoms with Gasteiger partial charge in [0.1, 0.15) is 0 Å². The van der Waals surface area contributed by atoms with Gasteiger partial charge in [0.25, 0.3) is 5.91 Å². The van der Waals surface area contributed by atoms with Gasteiger partial charge in [0.15, 0.2) is 0 Å². The molecule has 4 heteroatoms. The minimum absolute atomic E-state index is 0.0232. The van der Waals surface area contributed by atoms with Crippen LogP contribution >= 0.6 is 0 Å². The third kappa shape index (κ3) is 1.40. The first kappa shape index (κ1) is 6.51. The molecular formula is C5H10N2O2. The highest BCUT2D eigenvalue weighted by atomic mass is 16.6. The van der Waals surface area contributed by atoms with Crippen molar-refractivity contribution in [3.63, 3.8) is 0 Å². The molecule has 1 fully saturated rings. The molecule has 0 radical (unpaired) electrons. The van der Waals surface area contributed by atoms with Gasteiger partial charge in [-0.05, 0) is 13.0 Å². The molecule has 0 aromatic carbocycles. The Balaban J connectivity index is 2.16. The van der Waals surface area contributed by atoms with Crippen LogP contribution in [0.1, 0.15) is 6.42 Å². The van der Waals surface area contributed by atoms with Gasteiger partial charge in [-0.25, -0.2) is 5.48 Å². The Morgan fingerprint density at radius 2 is 2.56 bits per heavy atom. The summed E-state index contributed by atoms with van der Waals surface area (Å²) in [4.78, 5) is 15.1. The van der Waals surface area contributed by atoms with E-state index in [-0.39, 0.29) is 11.9 Å². The van der Waals surface area contributed by atoms with Crippen molar-refractivity contribution in [1.29, 1.82) is 0 Å². The quantitative estimate of drug-likeness (QED) is 0.473. The second-order valence-corrected chi connectivity index (χ2v) is 1.97. The number of nitrogens with one attached hydrogen (secondary N) is 2. The maximum Gasteiger partial charge on any atom is 0.260 e. The first-order valence-corrected chi connectivity index (χ1v) is 2.91. The fraction of sp³-hybridized carbons (Fsp3) is 0.800. The van der Waals surface area contributed by atoms with Gasteiger partial charge in [-0.1, -0.05) is 0 Å². The predicted octanol–water partition coefficient (Wildman–Crippen LogP) is -0.974. The number of hydrogen-bond donors (Lipinski definition) is 2. The minimum Gasteiger partial charge on any atom is -0.306 e. The summed E-state index contributed by atoms with van der Waals surface area (Å²) in [7, 11) is 1.43. The maximum absolute atomic E-state index is 10.7. The van der Waals surface area contributed by atoms with Crippen molar-refractivity contribution in [2.24, 2.45) is 0 Å². The molecule has 4 nitrogen and oxygen atoms in total. The Bertz CT molecular complexity index is 112. The molecule has 1 aliphatic rings. The van der Waals surface area contributed by atoms with Gasteiger partial charge in [0.2, 0.25) is 0 Å². The van der Waals surface area contributed by atoms with Crippen LogP contribution in [-0.2, 0) is 9.63 Å². The third-order valence-corrected chi connectivity index (χ3v) is 1.34. The Morgan fingerprint density at radius 3 is 2.89 bits per heavy atom. The van der Waals surface area contributed by atoms with Crippen LogP contribution in [0.25, 0.3) is 0 Å². The van der Waals surface area contributed by atoms with Crippen molar-refractivity contribution >= 4 is 5.91 Å². The Labute approximate surface area is 53.5 Å². The first-order valence-electron chi connectivity index (χ1n) is 2.91. The van der Waals surface area contributed by atoms with Crippen molar-refractivity contribution < 1.29 is 9.63 Å². The van der Waals surface area contributed by atoms with E-state index in [0.717, 1.165) is 13.0 Å². The number of carbonyl (C=O) groups is 1. The molecule has 1 atom stereocenters. The van der Waals surface area contributed by atoms with E-state index in [1.54, 1.807) is 0 Å². The van der Waals surface area contributed by atoms with Crippen LogP contribution in [0.5, 0.6) is 0 Å². The van der Waals surface area contributed by atoms with E-state index >= 15 is 0 Å². The van der Waals surface area contributed by atoms with Crippen LogP contribution in [0.15, 0.2) is 0 Å². The van der Waals surface area contributed by atoms with E-state index in [1.807, 2.05) is 0 Å². The van der Waals surface area contributed by atoms with E-state index < -0.39 is 0 Å². The number of hydroxylamine groups is 1. The maximum atomic E-state index is 10.7. The van der Waals surface area contributed by atoms with Crippen LogP contribution < -0.4 is 10.8 Å². The summed E-state index contributed by atoms with van der Waals surface area (Å²) in [6.07, 6.45) is 0.912. The standard InChI is InChI=1S/C5H10N2O2/c1-9-7-5(8)4-2-3-6-4/h4,6H,2-3H2,1H3,(H,7,8)/t4-/m1/s1. The molecule has 0 aromatic heterocycles. The van der Waals surface area contributed by atoms with Crippen LogP contribution in [0.4, 0.5) is 0 Å². The Hall–Kier alpha value is -0.610. The van der Waals surface area contributed by atoms with Crippen LogP contribution in [-0.4, -0.2) is 25.6 Å². The summed E-state index contributed by atoms with van der Waals surface area (Å²) in [6, 6.07) is -0.0232. The first-order chi connectivity index (χ1) is 4.34. The number of hydrogen-bond acceptors (Lipinski definition) is 3. The van der Waals surface area contributed by atoms with Crippen LogP contribution in [0.3, 0.4) is 0 Å². The largest absolute Gasteiger partial charge is 0.306 e. The lowest BCUT2D eigenvalue weighted by molar-refractivity contribution is -0.135. The molecule has 0 aromatic rings. The lowest BCUT2D eigenvalue weighted by Gasteiger charge is -2.25. The van der Waals surface area contributed by atoms with Crippen molar-refractivity contribution in [1.82, 2.24) is 10.8 Å². The predicted molar refractivity (Wildman–Crippen MR) is 31.6 cm³/mol. The monoisotopic (exact) mass is 130 g/mol. The Morgan fingerprint density at radius 1 is 1.89 bits per heavy atom. The summed E-state index contributed by atoms with van der Waals surface area (Å²) < 4.78 is 0. The fourth-order valence-corrected chi connectivity index (χ4v) is 0.684. The fourth-order valence-electron chi connectivity index (χ4n) is 0.684. The van der Waals surface area contributed by atoms with E-state index in [1.165, 1.54) is 7.11 Å². The average Bonchev–Trinajstić information content (AvgIpc) is 1.60. The molecule has 52 valence electrons. The molecule has 9 heavy (non-hydrogen) atoms. The molecule has 1 saturated heterocycles. The van der Waals surface area contributed by atoms with Gasteiger partial charge in [0, 0.05) is 0 Å². The van der Waals surface area contributed by atoms with Crippen LogP contribution in [0, 0.1) is 0 Å². The Kier molecular flexibility index (Phi) is 2.02. The lowest BCUT2D eigenvalue weighted by Crippen LogP contribution is -2.52. The zero-order valence-electron chi connectivity index (χ0n) is 5.31. The van der Waals surface area contributed by atoms with E-state index in [9.17, 15) is 4.79 Å². The molecular weight excluding hydrogens is 120 g/mol. The molecule has 0 spiro atoms. The number of rotatable bonds is 2. The summed E-state index contributed by atoms with van der Waals surface area (Å²) in [5.41, 5.74) is 2.25. The SMILES string of the molecule is CONC(=O)[C@H]1CCN1. The molecule has 2 N–H and O–H groups in total. The number of amides is 1. The highest BCUT2D eigenvalue weighted by Crippen LogP contribution is 2.00. The molecule has 1 rings (SSSR count). The van der Waals surface area contributed by atoms with Crippen LogP contribution in [0.2, 0.25) is 0 Å². The summed E-state index contributed by atoms with van der Waals surface area (Å²) in [6.45, 7) is 0.932. The topological polar surface area (TPSA) is 50.4 Å². The minimum atomic E-state index is -0.0799. The highest BCUT2D eigenvalue weighted by Gasteiger charge is 2.23. The highest BCUT2D eigenvalue weighted by molar-refractivity contribution is 5.81. The zero-order valence-corrected chi connectivity index (χ0v) is 5.31. The smallest absolute Gasteiger partial charge is 0.260 e. The van der Waals surface area contributed by atoms with Crippen molar-refractivity contribution in [2.75, 3.05) is 13.7 Å². The second kappa shape index (κ2) is 2.80. The van der Waals surface area contributed by atoms with E-state index in [0.29, 0.717) is 0 Å². The van der Waals surface area contributed by atoms with Gasteiger partial charge in [-0.2, -0.15) is 0 Å². The molecule has 0 bridgehead atoms.